The first-order chi connectivity index (χ1) is 9.90. The normalized spacial score (nSPS) is 31.0. The van der Waals surface area contributed by atoms with E-state index in [0.717, 1.165) is 12.8 Å². The lowest BCUT2D eigenvalue weighted by atomic mass is 9.85. The summed E-state index contributed by atoms with van der Waals surface area (Å²) >= 11 is 0. The third kappa shape index (κ3) is 4.49. The van der Waals surface area contributed by atoms with Crippen molar-refractivity contribution in [2.45, 2.75) is 50.7 Å². The number of aliphatic hydroxyl groups excluding tert-OH is 1. The van der Waals surface area contributed by atoms with Gasteiger partial charge in [-0.05, 0) is 38.0 Å². The molecule has 4 nitrogen and oxygen atoms in total. The summed E-state index contributed by atoms with van der Waals surface area (Å²) in [5.41, 5.74) is 0. The van der Waals surface area contributed by atoms with Gasteiger partial charge in [0.05, 0.1) is 5.92 Å². The molecular formula is C14H23F3N2O2. The summed E-state index contributed by atoms with van der Waals surface area (Å²) in [6, 6.07) is -0.687. The minimum Gasteiger partial charge on any atom is -0.396 e. The number of alkyl halides is 3. The van der Waals surface area contributed by atoms with Crippen LogP contribution in [0.5, 0.6) is 0 Å². The number of hydrogen-bond donors (Lipinski definition) is 2. The molecule has 1 saturated carbocycles. The summed E-state index contributed by atoms with van der Waals surface area (Å²) < 4.78 is 38.3. The Morgan fingerprint density at radius 3 is 2.67 bits per heavy atom. The number of halogens is 3. The molecule has 2 N–H and O–H groups in total. The topological polar surface area (TPSA) is 52.6 Å². The highest BCUT2D eigenvalue weighted by atomic mass is 19.4. The van der Waals surface area contributed by atoms with Gasteiger partial charge >= 0.3 is 12.2 Å². The van der Waals surface area contributed by atoms with Gasteiger partial charge in [0.15, 0.2) is 0 Å². The lowest BCUT2D eigenvalue weighted by Crippen LogP contribution is -2.50. The van der Waals surface area contributed by atoms with Crippen molar-refractivity contribution in [3.8, 4) is 0 Å². The molecule has 3 atom stereocenters. The fourth-order valence-electron chi connectivity index (χ4n) is 3.28. The molecule has 1 aliphatic carbocycles. The van der Waals surface area contributed by atoms with Crippen LogP contribution in [0, 0.1) is 11.8 Å². The number of likely N-dealkylation sites (tertiary alicyclic amines) is 1. The molecule has 122 valence electrons. The van der Waals surface area contributed by atoms with E-state index in [4.69, 9.17) is 5.11 Å². The summed E-state index contributed by atoms with van der Waals surface area (Å²) in [4.78, 5) is 13.7. The van der Waals surface area contributed by atoms with Crippen LogP contribution in [0.25, 0.3) is 0 Å². The second-order valence-corrected chi connectivity index (χ2v) is 6.19. The Balaban J connectivity index is 1.84. The van der Waals surface area contributed by atoms with E-state index < -0.39 is 18.1 Å². The van der Waals surface area contributed by atoms with Crippen LogP contribution in [0.4, 0.5) is 18.0 Å². The van der Waals surface area contributed by atoms with Crippen LogP contribution in [0.1, 0.15) is 38.5 Å². The molecule has 0 aromatic carbocycles. The van der Waals surface area contributed by atoms with E-state index in [0.29, 0.717) is 25.9 Å². The van der Waals surface area contributed by atoms with Crippen LogP contribution in [-0.2, 0) is 0 Å². The molecule has 0 spiro atoms. The number of aliphatic hydroxyl groups is 1. The molecule has 1 heterocycles. The monoisotopic (exact) mass is 308 g/mol. The van der Waals surface area contributed by atoms with Crippen LogP contribution in [-0.4, -0.2) is 48.0 Å². The van der Waals surface area contributed by atoms with Gasteiger partial charge in [-0.3, -0.25) is 0 Å². The molecule has 2 fully saturated rings. The second-order valence-electron chi connectivity index (χ2n) is 6.19. The Morgan fingerprint density at radius 2 is 2.00 bits per heavy atom. The van der Waals surface area contributed by atoms with Gasteiger partial charge < -0.3 is 15.3 Å². The van der Waals surface area contributed by atoms with Crippen molar-refractivity contribution < 1.29 is 23.1 Å². The van der Waals surface area contributed by atoms with Gasteiger partial charge in [0.25, 0.3) is 0 Å². The first kappa shape index (κ1) is 16.4. The Kier molecular flexibility index (Phi) is 5.35. The molecule has 2 amide bonds. The van der Waals surface area contributed by atoms with Gasteiger partial charge in [0.1, 0.15) is 0 Å². The van der Waals surface area contributed by atoms with Crippen molar-refractivity contribution in [1.29, 1.82) is 0 Å². The minimum atomic E-state index is -4.17. The number of piperidine rings is 1. The van der Waals surface area contributed by atoms with Gasteiger partial charge in [0, 0.05) is 25.7 Å². The maximum atomic E-state index is 12.8. The standard InChI is InChI=1S/C14H23F3N2O2/c15-14(16,17)11-4-1-5-12(7-11)18-13(21)19-6-2-3-10(8-19)9-20/h10-12,20H,1-9H2,(H,18,21). The maximum absolute atomic E-state index is 12.8. The molecule has 0 aromatic rings. The highest BCUT2D eigenvalue weighted by molar-refractivity contribution is 5.74. The third-order valence-corrected chi connectivity index (χ3v) is 4.53. The van der Waals surface area contributed by atoms with Crippen LogP contribution < -0.4 is 5.32 Å². The van der Waals surface area contributed by atoms with Crippen LogP contribution in [0.2, 0.25) is 0 Å². The minimum absolute atomic E-state index is 0.0213. The van der Waals surface area contributed by atoms with Crippen molar-refractivity contribution in [2.75, 3.05) is 19.7 Å². The number of carbonyl (C=O) groups is 1. The van der Waals surface area contributed by atoms with Crippen LogP contribution in [0.15, 0.2) is 0 Å². The van der Waals surface area contributed by atoms with E-state index in [1.54, 1.807) is 4.90 Å². The zero-order valence-electron chi connectivity index (χ0n) is 12.0. The van der Waals surface area contributed by atoms with Crippen molar-refractivity contribution in [2.24, 2.45) is 11.8 Å². The Bertz CT molecular complexity index is 363. The fourth-order valence-corrected chi connectivity index (χ4v) is 3.28. The molecule has 21 heavy (non-hydrogen) atoms. The number of hydrogen-bond acceptors (Lipinski definition) is 2. The van der Waals surface area contributed by atoms with Crippen molar-refractivity contribution >= 4 is 6.03 Å². The summed E-state index contributed by atoms with van der Waals surface area (Å²) in [6.07, 6.45) is -1.21. The molecular weight excluding hydrogens is 285 g/mol. The quantitative estimate of drug-likeness (QED) is 0.823. The van der Waals surface area contributed by atoms with E-state index in [1.165, 1.54) is 0 Å². The number of rotatable bonds is 2. The zero-order valence-corrected chi connectivity index (χ0v) is 12.0. The average Bonchev–Trinajstić information content (AvgIpc) is 2.46. The van der Waals surface area contributed by atoms with E-state index in [1.807, 2.05) is 0 Å². The molecule has 2 aliphatic rings. The third-order valence-electron chi connectivity index (χ3n) is 4.53. The first-order valence-corrected chi connectivity index (χ1v) is 7.63. The van der Waals surface area contributed by atoms with Gasteiger partial charge in [-0.25, -0.2) is 4.79 Å². The highest BCUT2D eigenvalue weighted by Crippen LogP contribution is 2.37. The predicted octanol–water partition coefficient (Wildman–Crippen LogP) is 2.52. The predicted molar refractivity (Wildman–Crippen MR) is 71.7 cm³/mol. The molecule has 3 unspecified atom stereocenters. The number of urea groups is 1. The maximum Gasteiger partial charge on any atom is 0.391 e. The molecule has 1 saturated heterocycles. The van der Waals surface area contributed by atoms with Gasteiger partial charge in [-0.15, -0.1) is 0 Å². The van der Waals surface area contributed by atoms with E-state index in [9.17, 15) is 18.0 Å². The molecule has 1 aliphatic heterocycles. The van der Waals surface area contributed by atoms with Crippen molar-refractivity contribution in [3.05, 3.63) is 0 Å². The summed E-state index contributed by atoms with van der Waals surface area (Å²) in [5.74, 6) is -1.22. The number of carbonyl (C=O) groups excluding carboxylic acids is 1. The Morgan fingerprint density at radius 1 is 1.24 bits per heavy atom. The van der Waals surface area contributed by atoms with E-state index >= 15 is 0 Å². The Hall–Kier alpha value is -0.980. The number of nitrogens with zero attached hydrogens (tertiary/aromatic N) is 1. The van der Waals surface area contributed by atoms with Crippen molar-refractivity contribution in [1.82, 2.24) is 10.2 Å². The molecule has 0 bridgehead atoms. The number of nitrogens with one attached hydrogen (secondary N) is 1. The van der Waals surface area contributed by atoms with Gasteiger partial charge in [0.2, 0.25) is 0 Å². The smallest absolute Gasteiger partial charge is 0.391 e. The highest BCUT2D eigenvalue weighted by Gasteiger charge is 2.42. The summed E-state index contributed by atoms with van der Waals surface area (Å²) in [5, 5.41) is 11.9. The lowest BCUT2D eigenvalue weighted by molar-refractivity contribution is -0.183. The molecule has 0 radical (unpaired) electrons. The first-order valence-electron chi connectivity index (χ1n) is 7.63. The van der Waals surface area contributed by atoms with E-state index in [-0.39, 0.29) is 31.4 Å². The largest absolute Gasteiger partial charge is 0.396 e. The van der Waals surface area contributed by atoms with Gasteiger partial charge in [-0.2, -0.15) is 13.2 Å². The zero-order chi connectivity index (χ0) is 15.5. The molecule has 2 rings (SSSR count). The Labute approximate surface area is 122 Å². The fraction of sp³-hybridized carbons (Fsp3) is 0.929. The van der Waals surface area contributed by atoms with Crippen LogP contribution in [0.3, 0.4) is 0 Å². The van der Waals surface area contributed by atoms with Crippen LogP contribution >= 0.6 is 0 Å². The summed E-state index contributed by atoms with van der Waals surface area (Å²) in [6.45, 7) is 1.14. The van der Waals surface area contributed by atoms with Crippen molar-refractivity contribution in [3.63, 3.8) is 0 Å². The lowest BCUT2D eigenvalue weighted by Gasteiger charge is -2.35. The average molecular weight is 308 g/mol. The second kappa shape index (κ2) is 6.85. The molecule has 0 aromatic heterocycles. The summed E-state index contributed by atoms with van der Waals surface area (Å²) in [7, 11) is 0. The number of amides is 2. The van der Waals surface area contributed by atoms with Gasteiger partial charge in [-0.1, -0.05) is 6.42 Å². The van der Waals surface area contributed by atoms with E-state index in [2.05, 4.69) is 5.32 Å². The molecule has 7 heteroatoms. The SMILES string of the molecule is O=C(NC1CCCC(C(F)(F)F)C1)N1CCCC(CO)C1.